The molecule has 1 aromatic carbocycles. The van der Waals surface area contributed by atoms with E-state index in [2.05, 4.69) is 21.7 Å². The molecule has 2 N–H and O–H groups in total. The third-order valence-electron chi connectivity index (χ3n) is 6.45. The van der Waals surface area contributed by atoms with E-state index in [9.17, 15) is 9.59 Å². The molecule has 2 amide bonds. The quantitative estimate of drug-likeness (QED) is 0.573. The van der Waals surface area contributed by atoms with E-state index in [1.165, 1.54) is 18.4 Å². The molecule has 162 valence electrons. The molecule has 0 spiro atoms. The first-order valence-corrected chi connectivity index (χ1v) is 11.4. The molecule has 7 nitrogen and oxygen atoms in total. The molecule has 30 heavy (non-hydrogen) atoms. The fraction of sp³-hybridized carbons (Fsp3) is 0.609. The Hall–Kier alpha value is -2.57. The van der Waals surface area contributed by atoms with Crippen molar-refractivity contribution in [1.29, 1.82) is 0 Å². The van der Waals surface area contributed by atoms with Crippen molar-refractivity contribution in [3.8, 4) is 0 Å². The number of nitrogens with zero attached hydrogens (tertiary/aromatic N) is 3. The second-order valence-corrected chi connectivity index (χ2v) is 8.51. The molecule has 4 rings (SSSR count). The number of carbonyl (C=O) groups excluding carboxylic acids is 2. The molecule has 1 aliphatic carbocycles. The molecular formula is C23H33N5O2. The molecule has 2 heterocycles. The van der Waals surface area contributed by atoms with E-state index < -0.39 is 0 Å². The Morgan fingerprint density at radius 2 is 1.93 bits per heavy atom. The zero-order chi connectivity index (χ0) is 20.9. The third-order valence-corrected chi connectivity index (χ3v) is 6.45. The molecule has 0 aromatic heterocycles. The first-order valence-electron chi connectivity index (χ1n) is 11.4. The first-order chi connectivity index (χ1) is 14.7. The maximum atomic E-state index is 12.8. The smallest absolute Gasteiger partial charge is 0.248 e. The van der Waals surface area contributed by atoms with Crippen LogP contribution in [0.1, 0.15) is 44.6 Å². The van der Waals surface area contributed by atoms with Crippen molar-refractivity contribution in [1.82, 2.24) is 15.5 Å². The van der Waals surface area contributed by atoms with Crippen LogP contribution in [-0.2, 0) is 16.0 Å². The average molecular weight is 412 g/mol. The van der Waals surface area contributed by atoms with E-state index in [0.29, 0.717) is 18.4 Å². The SMILES string of the molecule is CCNC(=NCC(=O)N1CCc2ccccc21)NC1CCN(C(=O)C2CCCC2)C1. The van der Waals surface area contributed by atoms with Gasteiger partial charge in [0.1, 0.15) is 6.54 Å². The van der Waals surface area contributed by atoms with Crippen LogP contribution in [0.5, 0.6) is 0 Å². The molecule has 3 aliphatic rings. The number of para-hydroxylation sites is 1. The summed E-state index contributed by atoms with van der Waals surface area (Å²) in [5, 5.41) is 6.67. The van der Waals surface area contributed by atoms with Gasteiger partial charge < -0.3 is 20.4 Å². The van der Waals surface area contributed by atoms with Crippen molar-refractivity contribution in [2.75, 3.05) is 37.6 Å². The van der Waals surface area contributed by atoms with Gasteiger partial charge in [-0.25, -0.2) is 4.99 Å². The highest BCUT2D eigenvalue weighted by Crippen LogP contribution is 2.28. The normalized spacial score (nSPS) is 21.8. The number of hydrogen-bond donors (Lipinski definition) is 2. The van der Waals surface area contributed by atoms with E-state index in [1.807, 2.05) is 34.9 Å². The van der Waals surface area contributed by atoms with E-state index in [1.54, 1.807) is 0 Å². The Morgan fingerprint density at radius 3 is 2.73 bits per heavy atom. The number of fused-ring (bicyclic) bond motifs is 1. The highest BCUT2D eigenvalue weighted by Gasteiger charge is 2.32. The second kappa shape index (κ2) is 9.49. The largest absolute Gasteiger partial charge is 0.357 e. The standard InChI is InChI=1S/C23H33N5O2/c1-2-24-23(25-15-21(29)28-14-11-17-7-5-6-10-20(17)28)26-19-12-13-27(16-19)22(30)18-8-3-4-9-18/h5-7,10,18-19H,2-4,8-9,11-16H2,1H3,(H2,24,25,26). The molecule has 1 aromatic rings. The molecule has 1 saturated carbocycles. The summed E-state index contributed by atoms with van der Waals surface area (Å²) < 4.78 is 0. The van der Waals surface area contributed by atoms with Crippen LogP contribution in [0, 0.1) is 5.92 Å². The summed E-state index contributed by atoms with van der Waals surface area (Å²) in [5.41, 5.74) is 2.23. The lowest BCUT2D eigenvalue weighted by molar-refractivity contribution is -0.134. The predicted octanol–water partition coefficient (Wildman–Crippen LogP) is 1.92. The Labute approximate surface area is 178 Å². The van der Waals surface area contributed by atoms with Crippen LogP contribution in [0.15, 0.2) is 29.3 Å². The molecule has 0 radical (unpaired) electrons. The Bertz CT molecular complexity index is 803. The third kappa shape index (κ3) is 4.60. The number of rotatable bonds is 5. The maximum Gasteiger partial charge on any atom is 0.248 e. The van der Waals surface area contributed by atoms with Gasteiger partial charge in [0.25, 0.3) is 0 Å². The van der Waals surface area contributed by atoms with Crippen molar-refractivity contribution in [2.45, 2.75) is 51.5 Å². The van der Waals surface area contributed by atoms with Gasteiger partial charge >= 0.3 is 0 Å². The lowest BCUT2D eigenvalue weighted by Gasteiger charge is -2.21. The van der Waals surface area contributed by atoms with Crippen molar-refractivity contribution in [3.05, 3.63) is 29.8 Å². The minimum absolute atomic E-state index is 0.0154. The van der Waals surface area contributed by atoms with E-state index >= 15 is 0 Å². The molecule has 7 heteroatoms. The Morgan fingerprint density at radius 1 is 1.13 bits per heavy atom. The van der Waals surface area contributed by atoms with Gasteiger partial charge in [-0.2, -0.15) is 0 Å². The van der Waals surface area contributed by atoms with E-state index in [4.69, 9.17) is 0 Å². The lowest BCUT2D eigenvalue weighted by Crippen LogP contribution is -2.46. The Kier molecular flexibility index (Phi) is 6.55. The predicted molar refractivity (Wildman–Crippen MR) is 119 cm³/mol. The van der Waals surface area contributed by atoms with E-state index in [0.717, 1.165) is 51.0 Å². The zero-order valence-electron chi connectivity index (χ0n) is 17.9. The monoisotopic (exact) mass is 411 g/mol. The number of amides is 2. The molecule has 1 atom stereocenters. The van der Waals surface area contributed by atoms with Crippen LogP contribution in [0.4, 0.5) is 5.69 Å². The fourth-order valence-electron chi connectivity index (χ4n) is 4.85. The highest BCUT2D eigenvalue weighted by molar-refractivity contribution is 5.98. The number of likely N-dealkylation sites (tertiary alicyclic amines) is 1. The second-order valence-electron chi connectivity index (χ2n) is 8.51. The number of aliphatic imine (C=N–C) groups is 1. The van der Waals surface area contributed by atoms with Crippen molar-refractivity contribution < 1.29 is 9.59 Å². The number of hydrogen-bond acceptors (Lipinski definition) is 3. The van der Waals surface area contributed by atoms with Gasteiger partial charge in [-0.15, -0.1) is 0 Å². The van der Waals surface area contributed by atoms with Crippen LogP contribution in [-0.4, -0.2) is 61.4 Å². The van der Waals surface area contributed by atoms with Gasteiger partial charge in [0, 0.05) is 43.8 Å². The minimum atomic E-state index is 0.0154. The number of nitrogens with one attached hydrogen (secondary N) is 2. The number of guanidine groups is 1. The zero-order valence-corrected chi connectivity index (χ0v) is 17.9. The van der Waals surface area contributed by atoms with E-state index in [-0.39, 0.29) is 24.4 Å². The maximum absolute atomic E-state index is 12.8. The van der Waals surface area contributed by atoms with Crippen LogP contribution in [0.3, 0.4) is 0 Å². The summed E-state index contributed by atoms with van der Waals surface area (Å²) in [6.07, 6.45) is 6.25. The Balaban J connectivity index is 1.32. The molecular weight excluding hydrogens is 378 g/mol. The molecule has 0 bridgehead atoms. The number of benzene rings is 1. The van der Waals surface area contributed by atoms with Gasteiger partial charge in [-0.3, -0.25) is 9.59 Å². The van der Waals surface area contributed by atoms with Crippen LogP contribution >= 0.6 is 0 Å². The summed E-state index contributed by atoms with van der Waals surface area (Å²) in [7, 11) is 0. The topological polar surface area (TPSA) is 77.0 Å². The van der Waals surface area contributed by atoms with Crippen molar-refractivity contribution in [3.63, 3.8) is 0 Å². The van der Waals surface area contributed by atoms with Crippen LogP contribution in [0.2, 0.25) is 0 Å². The molecule has 2 aliphatic heterocycles. The highest BCUT2D eigenvalue weighted by atomic mass is 16.2. The summed E-state index contributed by atoms with van der Waals surface area (Å²) in [5.74, 6) is 1.22. The first kappa shape index (κ1) is 20.7. The summed E-state index contributed by atoms with van der Waals surface area (Å²) in [6, 6.07) is 8.24. The van der Waals surface area contributed by atoms with Gasteiger partial charge in [0.15, 0.2) is 5.96 Å². The fourth-order valence-corrected chi connectivity index (χ4v) is 4.85. The number of carbonyl (C=O) groups is 2. The lowest BCUT2D eigenvalue weighted by atomic mass is 10.1. The van der Waals surface area contributed by atoms with Crippen LogP contribution < -0.4 is 15.5 Å². The number of anilines is 1. The van der Waals surface area contributed by atoms with Gasteiger partial charge in [-0.05, 0) is 44.2 Å². The van der Waals surface area contributed by atoms with Crippen LogP contribution in [0.25, 0.3) is 0 Å². The van der Waals surface area contributed by atoms with Gasteiger partial charge in [-0.1, -0.05) is 31.0 Å². The van der Waals surface area contributed by atoms with Gasteiger partial charge in [0.05, 0.1) is 0 Å². The average Bonchev–Trinajstić information content (AvgIpc) is 3.52. The summed E-state index contributed by atoms with van der Waals surface area (Å²) in [4.78, 5) is 33.8. The summed E-state index contributed by atoms with van der Waals surface area (Å²) in [6.45, 7) is 5.09. The molecule has 1 unspecified atom stereocenters. The molecule has 2 fully saturated rings. The molecule has 1 saturated heterocycles. The minimum Gasteiger partial charge on any atom is -0.357 e. The van der Waals surface area contributed by atoms with Gasteiger partial charge in [0.2, 0.25) is 11.8 Å². The van der Waals surface area contributed by atoms with Crippen molar-refractivity contribution >= 4 is 23.5 Å². The summed E-state index contributed by atoms with van der Waals surface area (Å²) >= 11 is 0. The van der Waals surface area contributed by atoms with Crippen molar-refractivity contribution in [2.24, 2.45) is 10.9 Å².